The second kappa shape index (κ2) is 10.5. The largest absolute Gasteiger partial charge is 0.481 e. The van der Waals surface area contributed by atoms with Gasteiger partial charge in [-0.2, -0.15) is 0 Å². The molecule has 0 radical (unpaired) electrons. The first kappa shape index (κ1) is 22.9. The number of terminal acetylenes is 1. The van der Waals surface area contributed by atoms with Crippen LogP contribution in [0.15, 0.2) is 48.5 Å². The van der Waals surface area contributed by atoms with Crippen molar-refractivity contribution in [2.45, 2.75) is 31.2 Å². The van der Waals surface area contributed by atoms with E-state index in [0.717, 1.165) is 22.3 Å². The number of carboxylic acids is 1. The van der Waals surface area contributed by atoms with Crippen LogP contribution in [-0.4, -0.2) is 54.2 Å². The number of nitrogens with one attached hydrogen (secondary N) is 1. The standard InChI is InChI=1S/C25H26N2O5/c1-3-9-22(24(30)27(2)15-8-14-23(28)29)26-25(31)32-16-21-19-12-6-4-10-17(19)18-11-5-7-13-20(18)21/h1,4-7,10-13,21-22H,8-9,14-16H2,2H3,(H,26,31)(H,28,29). The SMILES string of the molecule is C#CCC(NC(=O)OCC1c2ccccc2-c2ccccc21)C(=O)N(C)CCCC(=O)O. The first-order valence-corrected chi connectivity index (χ1v) is 10.4. The fourth-order valence-electron chi connectivity index (χ4n) is 3.94. The highest BCUT2D eigenvalue weighted by molar-refractivity contribution is 5.86. The van der Waals surface area contributed by atoms with E-state index in [1.807, 2.05) is 36.4 Å². The van der Waals surface area contributed by atoms with Crippen LogP contribution >= 0.6 is 0 Å². The number of amides is 2. The Hall–Kier alpha value is -3.79. The van der Waals surface area contributed by atoms with E-state index < -0.39 is 18.1 Å². The molecule has 7 heteroatoms. The van der Waals surface area contributed by atoms with Crippen LogP contribution in [-0.2, 0) is 14.3 Å². The molecule has 1 unspecified atom stereocenters. The highest BCUT2D eigenvalue weighted by Gasteiger charge is 2.30. The van der Waals surface area contributed by atoms with Crippen LogP contribution in [0.5, 0.6) is 0 Å². The first-order chi connectivity index (χ1) is 15.4. The lowest BCUT2D eigenvalue weighted by molar-refractivity contribution is -0.138. The molecule has 32 heavy (non-hydrogen) atoms. The molecule has 2 aromatic rings. The summed E-state index contributed by atoms with van der Waals surface area (Å²) in [6.45, 7) is 0.379. The molecular formula is C25H26N2O5. The number of nitrogens with zero attached hydrogens (tertiary/aromatic N) is 1. The monoisotopic (exact) mass is 434 g/mol. The molecule has 7 nitrogen and oxygen atoms in total. The summed E-state index contributed by atoms with van der Waals surface area (Å²) >= 11 is 0. The summed E-state index contributed by atoms with van der Waals surface area (Å²) in [4.78, 5) is 37.2. The zero-order valence-corrected chi connectivity index (χ0v) is 17.9. The van der Waals surface area contributed by atoms with Crippen LogP contribution in [0.1, 0.15) is 36.3 Å². The summed E-state index contributed by atoms with van der Waals surface area (Å²) in [7, 11) is 1.55. The normalized spacial score (nSPS) is 12.8. The molecule has 0 bridgehead atoms. The summed E-state index contributed by atoms with van der Waals surface area (Å²) < 4.78 is 5.49. The van der Waals surface area contributed by atoms with E-state index in [4.69, 9.17) is 16.3 Å². The van der Waals surface area contributed by atoms with Crippen molar-refractivity contribution >= 4 is 18.0 Å². The third kappa shape index (κ3) is 5.27. The lowest BCUT2D eigenvalue weighted by Crippen LogP contribution is -2.47. The van der Waals surface area contributed by atoms with Crippen LogP contribution in [0.4, 0.5) is 4.79 Å². The number of rotatable bonds is 9. The summed E-state index contributed by atoms with van der Waals surface area (Å²) in [6, 6.07) is 15.1. The van der Waals surface area contributed by atoms with Crippen LogP contribution in [0, 0.1) is 12.3 Å². The number of ether oxygens (including phenoxy) is 1. The smallest absolute Gasteiger partial charge is 0.407 e. The van der Waals surface area contributed by atoms with Gasteiger partial charge in [0, 0.05) is 32.4 Å². The van der Waals surface area contributed by atoms with Crippen molar-refractivity contribution in [3.63, 3.8) is 0 Å². The average Bonchev–Trinajstić information content (AvgIpc) is 3.10. The van der Waals surface area contributed by atoms with Gasteiger partial charge in [0.2, 0.25) is 5.91 Å². The topological polar surface area (TPSA) is 95.9 Å². The van der Waals surface area contributed by atoms with Crippen molar-refractivity contribution in [3.8, 4) is 23.5 Å². The van der Waals surface area contributed by atoms with Crippen LogP contribution < -0.4 is 5.32 Å². The van der Waals surface area contributed by atoms with Gasteiger partial charge in [-0.1, -0.05) is 48.5 Å². The van der Waals surface area contributed by atoms with E-state index in [1.54, 1.807) is 7.05 Å². The third-order valence-electron chi connectivity index (χ3n) is 5.52. The molecule has 0 fully saturated rings. The maximum absolute atomic E-state index is 12.6. The number of carbonyl (C=O) groups is 3. The van der Waals surface area contributed by atoms with Crippen LogP contribution in [0.2, 0.25) is 0 Å². The zero-order valence-electron chi connectivity index (χ0n) is 17.9. The number of carboxylic acid groups (broad SMARTS) is 1. The molecule has 0 heterocycles. The Morgan fingerprint density at radius 3 is 2.28 bits per heavy atom. The van der Waals surface area contributed by atoms with Gasteiger partial charge in [0.25, 0.3) is 0 Å². The molecule has 166 valence electrons. The lowest BCUT2D eigenvalue weighted by atomic mass is 9.98. The Morgan fingerprint density at radius 2 is 1.72 bits per heavy atom. The molecule has 2 N–H and O–H groups in total. The van der Waals surface area contributed by atoms with E-state index in [0.29, 0.717) is 6.42 Å². The average molecular weight is 434 g/mol. The van der Waals surface area contributed by atoms with Crippen molar-refractivity contribution in [2.24, 2.45) is 0 Å². The minimum absolute atomic E-state index is 0.00625. The first-order valence-electron chi connectivity index (χ1n) is 10.4. The maximum Gasteiger partial charge on any atom is 0.407 e. The highest BCUT2D eigenvalue weighted by atomic mass is 16.5. The third-order valence-corrected chi connectivity index (χ3v) is 5.52. The Kier molecular flexibility index (Phi) is 7.50. The van der Waals surface area contributed by atoms with Crippen molar-refractivity contribution < 1.29 is 24.2 Å². The number of likely N-dealkylation sites (N-methyl/N-ethyl adjacent to an activating group) is 1. The molecule has 0 aromatic heterocycles. The second-order valence-corrected chi connectivity index (χ2v) is 7.69. The minimum Gasteiger partial charge on any atom is -0.481 e. The van der Waals surface area contributed by atoms with Crippen LogP contribution in [0.3, 0.4) is 0 Å². The van der Waals surface area contributed by atoms with Crippen molar-refractivity contribution in [1.29, 1.82) is 0 Å². The summed E-state index contributed by atoms with van der Waals surface area (Å²) in [5.41, 5.74) is 4.44. The molecule has 0 aliphatic heterocycles. The van der Waals surface area contributed by atoms with Gasteiger partial charge in [-0.25, -0.2) is 4.79 Å². The predicted octanol–water partition coefficient (Wildman–Crippen LogP) is 3.24. The summed E-state index contributed by atoms with van der Waals surface area (Å²) in [5, 5.41) is 11.3. The number of alkyl carbamates (subject to hydrolysis) is 1. The molecular weight excluding hydrogens is 408 g/mol. The zero-order chi connectivity index (χ0) is 23.1. The van der Waals surface area contributed by atoms with E-state index >= 15 is 0 Å². The van der Waals surface area contributed by atoms with Crippen LogP contribution in [0.25, 0.3) is 11.1 Å². The van der Waals surface area contributed by atoms with Crippen molar-refractivity contribution in [3.05, 3.63) is 59.7 Å². The minimum atomic E-state index is -0.939. The fraction of sp³-hybridized carbons (Fsp3) is 0.320. The highest BCUT2D eigenvalue weighted by Crippen LogP contribution is 2.44. The van der Waals surface area contributed by atoms with Gasteiger partial charge in [-0.15, -0.1) is 12.3 Å². The number of carbonyl (C=O) groups excluding carboxylic acids is 2. The number of benzene rings is 2. The molecule has 1 aliphatic carbocycles. The Balaban J connectivity index is 1.61. The van der Waals surface area contributed by atoms with Gasteiger partial charge >= 0.3 is 12.1 Å². The van der Waals surface area contributed by atoms with E-state index in [9.17, 15) is 14.4 Å². The Bertz CT molecular complexity index is 997. The van der Waals surface area contributed by atoms with Gasteiger partial charge in [0.05, 0.1) is 0 Å². The Morgan fingerprint density at radius 1 is 1.12 bits per heavy atom. The quantitative estimate of drug-likeness (QED) is 0.591. The number of hydrogen-bond donors (Lipinski definition) is 2. The molecule has 2 amide bonds. The Labute approximate surface area is 187 Å². The van der Waals surface area contributed by atoms with Gasteiger partial charge in [0.1, 0.15) is 12.6 Å². The summed E-state index contributed by atoms with van der Waals surface area (Å²) in [6.07, 6.45) is 4.92. The number of aliphatic carboxylic acids is 1. The fourth-order valence-corrected chi connectivity index (χ4v) is 3.94. The van der Waals surface area contributed by atoms with Crippen molar-refractivity contribution in [1.82, 2.24) is 10.2 Å². The predicted molar refractivity (Wildman–Crippen MR) is 120 cm³/mol. The van der Waals surface area contributed by atoms with E-state index in [-0.39, 0.29) is 37.8 Å². The molecule has 1 atom stereocenters. The van der Waals surface area contributed by atoms with E-state index in [1.165, 1.54) is 4.90 Å². The molecule has 0 spiro atoms. The number of fused-ring (bicyclic) bond motifs is 3. The lowest BCUT2D eigenvalue weighted by Gasteiger charge is -2.23. The number of hydrogen-bond acceptors (Lipinski definition) is 4. The van der Waals surface area contributed by atoms with Gasteiger partial charge < -0.3 is 20.1 Å². The van der Waals surface area contributed by atoms with E-state index in [2.05, 4.69) is 23.4 Å². The molecule has 0 saturated heterocycles. The van der Waals surface area contributed by atoms with Gasteiger partial charge in [-0.3, -0.25) is 9.59 Å². The van der Waals surface area contributed by atoms with Gasteiger partial charge in [0.15, 0.2) is 0 Å². The summed E-state index contributed by atoms with van der Waals surface area (Å²) in [5.74, 6) is 0.990. The second-order valence-electron chi connectivity index (χ2n) is 7.69. The molecule has 2 aromatic carbocycles. The molecule has 3 rings (SSSR count). The molecule has 1 aliphatic rings. The maximum atomic E-state index is 12.6. The van der Waals surface area contributed by atoms with Gasteiger partial charge in [-0.05, 0) is 28.7 Å². The van der Waals surface area contributed by atoms with Crippen molar-refractivity contribution in [2.75, 3.05) is 20.2 Å². The molecule has 0 saturated carbocycles.